The Bertz CT molecular complexity index is 566. The molecule has 1 aliphatic rings. The van der Waals surface area contributed by atoms with Gasteiger partial charge in [-0.15, -0.1) is 11.3 Å². The van der Waals surface area contributed by atoms with Crippen molar-refractivity contribution in [1.29, 1.82) is 0 Å². The number of thiazole rings is 1. The Balaban J connectivity index is 1.80. The first-order valence-corrected chi connectivity index (χ1v) is 7.47. The van der Waals surface area contributed by atoms with Gasteiger partial charge in [0.25, 0.3) is 0 Å². The predicted molar refractivity (Wildman–Crippen MR) is 75.1 cm³/mol. The summed E-state index contributed by atoms with van der Waals surface area (Å²) < 4.78 is 14.6. The third-order valence-corrected chi connectivity index (χ3v) is 4.38. The number of hydrogen-bond donors (Lipinski definition) is 1. The van der Waals surface area contributed by atoms with Crippen LogP contribution in [0.4, 0.5) is 4.39 Å². The average molecular weight is 327 g/mol. The van der Waals surface area contributed by atoms with Crippen molar-refractivity contribution in [3.05, 3.63) is 39.6 Å². The quantitative estimate of drug-likeness (QED) is 0.919. The van der Waals surface area contributed by atoms with Crippen LogP contribution in [0.15, 0.2) is 28.9 Å². The van der Waals surface area contributed by atoms with Crippen molar-refractivity contribution in [2.75, 3.05) is 0 Å². The molecule has 5 heteroatoms. The second kappa shape index (κ2) is 5.07. The Labute approximate surface area is 117 Å². The van der Waals surface area contributed by atoms with E-state index in [4.69, 9.17) is 0 Å². The standard InChI is InChI=1S/C13H12BrFN2S/c14-8-1-4-12(15)11(5-8)13-17-7-10(18-13)6-16-9-2-3-9/h1,4-5,7,9,16H,2-3,6H2. The molecular weight excluding hydrogens is 315 g/mol. The van der Waals surface area contributed by atoms with Crippen LogP contribution >= 0.6 is 27.3 Å². The fourth-order valence-electron chi connectivity index (χ4n) is 1.71. The molecule has 18 heavy (non-hydrogen) atoms. The Morgan fingerprint density at radius 3 is 3.06 bits per heavy atom. The van der Waals surface area contributed by atoms with Gasteiger partial charge in [0.1, 0.15) is 10.8 Å². The molecule has 1 heterocycles. The lowest BCUT2D eigenvalue weighted by atomic mass is 10.2. The lowest BCUT2D eigenvalue weighted by Gasteiger charge is -2.00. The highest BCUT2D eigenvalue weighted by Gasteiger charge is 2.20. The Hall–Kier alpha value is -0.780. The molecule has 0 saturated heterocycles. The first-order chi connectivity index (χ1) is 8.72. The fraction of sp³-hybridized carbons (Fsp3) is 0.308. The fourth-order valence-corrected chi connectivity index (χ4v) is 2.95. The lowest BCUT2D eigenvalue weighted by molar-refractivity contribution is 0.631. The Morgan fingerprint density at radius 1 is 1.44 bits per heavy atom. The van der Waals surface area contributed by atoms with E-state index >= 15 is 0 Å². The second-order valence-electron chi connectivity index (χ2n) is 4.41. The summed E-state index contributed by atoms with van der Waals surface area (Å²) in [6.45, 7) is 0.831. The lowest BCUT2D eigenvalue weighted by Crippen LogP contribution is -2.14. The number of halogens is 2. The van der Waals surface area contributed by atoms with Crippen molar-refractivity contribution >= 4 is 27.3 Å². The highest BCUT2D eigenvalue weighted by molar-refractivity contribution is 9.10. The van der Waals surface area contributed by atoms with E-state index in [9.17, 15) is 4.39 Å². The molecule has 0 atom stereocenters. The minimum Gasteiger partial charge on any atom is -0.309 e. The molecule has 1 saturated carbocycles. The van der Waals surface area contributed by atoms with Crippen LogP contribution < -0.4 is 5.32 Å². The molecular formula is C13H12BrFN2S. The van der Waals surface area contributed by atoms with E-state index in [2.05, 4.69) is 26.2 Å². The summed E-state index contributed by atoms with van der Waals surface area (Å²) in [5.41, 5.74) is 0.562. The maximum absolute atomic E-state index is 13.7. The van der Waals surface area contributed by atoms with Crippen molar-refractivity contribution < 1.29 is 4.39 Å². The van der Waals surface area contributed by atoms with E-state index in [0.29, 0.717) is 11.6 Å². The minimum absolute atomic E-state index is 0.228. The number of benzene rings is 1. The molecule has 0 spiro atoms. The van der Waals surface area contributed by atoms with E-state index in [1.54, 1.807) is 23.5 Å². The molecule has 1 aromatic heterocycles. The SMILES string of the molecule is Fc1ccc(Br)cc1-c1ncc(CNC2CC2)s1. The van der Waals surface area contributed by atoms with E-state index < -0.39 is 0 Å². The summed E-state index contributed by atoms with van der Waals surface area (Å²) in [4.78, 5) is 5.45. The van der Waals surface area contributed by atoms with Crippen LogP contribution in [0.2, 0.25) is 0 Å². The summed E-state index contributed by atoms with van der Waals surface area (Å²) in [6, 6.07) is 5.61. The van der Waals surface area contributed by atoms with Crippen LogP contribution in [-0.2, 0) is 6.54 Å². The minimum atomic E-state index is -0.228. The molecule has 0 amide bonds. The van der Waals surface area contributed by atoms with Gasteiger partial charge in [0.15, 0.2) is 0 Å². The Morgan fingerprint density at radius 2 is 2.28 bits per heavy atom. The summed E-state index contributed by atoms with van der Waals surface area (Å²) in [5, 5.41) is 4.17. The van der Waals surface area contributed by atoms with Gasteiger partial charge in [0.05, 0.1) is 0 Å². The van der Waals surface area contributed by atoms with Crippen LogP contribution in [-0.4, -0.2) is 11.0 Å². The molecule has 94 valence electrons. The number of rotatable bonds is 4. The molecule has 3 rings (SSSR count). The zero-order chi connectivity index (χ0) is 12.5. The highest BCUT2D eigenvalue weighted by atomic mass is 79.9. The van der Waals surface area contributed by atoms with Gasteiger partial charge in [0, 0.05) is 33.7 Å². The van der Waals surface area contributed by atoms with Crippen LogP contribution in [0.5, 0.6) is 0 Å². The summed E-state index contributed by atoms with van der Waals surface area (Å²) >= 11 is 4.90. The molecule has 1 fully saturated rings. The zero-order valence-corrected chi connectivity index (χ0v) is 12.0. The van der Waals surface area contributed by atoms with Crippen LogP contribution in [0.25, 0.3) is 10.6 Å². The first kappa shape index (κ1) is 12.3. The van der Waals surface area contributed by atoms with E-state index in [-0.39, 0.29) is 5.82 Å². The van der Waals surface area contributed by atoms with Gasteiger partial charge < -0.3 is 5.32 Å². The largest absolute Gasteiger partial charge is 0.309 e. The van der Waals surface area contributed by atoms with Gasteiger partial charge in [-0.2, -0.15) is 0 Å². The third kappa shape index (κ3) is 2.79. The highest BCUT2D eigenvalue weighted by Crippen LogP contribution is 2.30. The maximum Gasteiger partial charge on any atom is 0.133 e. The summed E-state index contributed by atoms with van der Waals surface area (Å²) in [6.07, 6.45) is 4.37. The summed E-state index contributed by atoms with van der Waals surface area (Å²) in [7, 11) is 0. The Kier molecular flexibility index (Phi) is 3.46. The van der Waals surface area contributed by atoms with Crippen molar-refractivity contribution in [2.24, 2.45) is 0 Å². The van der Waals surface area contributed by atoms with Gasteiger partial charge in [-0.25, -0.2) is 9.37 Å². The van der Waals surface area contributed by atoms with Crippen LogP contribution in [0, 0.1) is 5.82 Å². The van der Waals surface area contributed by atoms with Crippen LogP contribution in [0.1, 0.15) is 17.7 Å². The number of aromatic nitrogens is 1. The topological polar surface area (TPSA) is 24.9 Å². The number of nitrogens with zero attached hydrogens (tertiary/aromatic N) is 1. The van der Waals surface area contributed by atoms with Crippen molar-refractivity contribution in [3.8, 4) is 10.6 Å². The maximum atomic E-state index is 13.7. The van der Waals surface area contributed by atoms with Gasteiger partial charge >= 0.3 is 0 Å². The molecule has 1 aliphatic carbocycles. The molecule has 1 aromatic carbocycles. The van der Waals surface area contributed by atoms with Crippen molar-refractivity contribution in [2.45, 2.75) is 25.4 Å². The van der Waals surface area contributed by atoms with Crippen molar-refractivity contribution in [3.63, 3.8) is 0 Å². The van der Waals surface area contributed by atoms with E-state index in [1.807, 2.05) is 6.20 Å². The van der Waals surface area contributed by atoms with Gasteiger partial charge in [-0.1, -0.05) is 15.9 Å². The first-order valence-electron chi connectivity index (χ1n) is 5.86. The monoisotopic (exact) mass is 326 g/mol. The van der Waals surface area contributed by atoms with E-state index in [0.717, 1.165) is 20.9 Å². The van der Waals surface area contributed by atoms with Gasteiger partial charge in [0.2, 0.25) is 0 Å². The number of nitrogens with one attached hydrogen (secondary N) is 1. The number of hydrogen-bond acceptors (Lipinski definition) is 3. The zero-order valence-electron chi connectivity index (χ0n) is 9.62. The van der Waals surface area contributed by atoms with Crippen LogP contribution in [0.3, 0.4) is 0 Å². The average Bonchev–Trinajstić information content (AvgIpc) is 3.08. The molecule has 0 aliphatic heterocycles. The molecule has 2 aromatic rings. The normalized spacial score (nSPS) is 15.0. The van der Waals surface area contributed by atoms with Crippen molar-refractivity contribution in [1.82, 2.24) is 10.3 Å². The third-order valence-electron chi connectivity index (χ3n) is 2.85. The molecule has 0 radical (unpaired) electrons. The second-order valence-corrected chi connectivity index (χ2v) is 6.44. The molecule has 2 nitrogen and oxygen atoms in total. The molecule has 0 bridgehead atoms. The molecule has 0 unspecified atom stereocenters. The molecule has 1 N–H and O–H groups in total. The van der Waals surface area contributed by atoms with E-state index in [1.165, 1.54) is 18.9 Å². The van der Waals surface area contributed by atoms with Gasteiger partial charge in [-0.05, 0) is 31.0 Å². The van der Waals surface area contributed by atoms with Gasteiger partial charge in [-0.3, -0.25) is 0 Å². The smallest absolute Gasteiger partial charge is 0.133 e. The summed E-state index contributed by atoms with van der Waals surface area (Å²) in [5.74, 6) is -0.228. The predicted octanol–water partition coefficient (Wildman–Crippen LogP) is 3.96.